The monoisotopic (exact) mass is 399 g/mol. The Hall–Kier alpha value is -1.15. The molecule has 2 saturated heterocycles. The molecule has 1 aromatic carbocycles. The van der Waals surface area contributed by atoms with Crippen molar-refractivity contribution in [2.75, 3.05) is 26.2 Å². The molecule has 3 rings (SSSR count). The van der Waals surface area contributed by atoms with Gasteiger partial charge in [0, 0.05) is 24.7 Å². The third kappa shape index (κ3) is 4.39. The van der Waals surface area contributed by atoms with Crippen molar-refractivity contribution in [3.05, 3.63) is 28.8 Å². The summed E-state index contributed by atoms with van der Waals surface area (Å²) in [6.45, 7) is 4.10. The average Bonchev–Trinajstić information content (AvgIpc) is 3.16. The van der Waals surface area contributed by atoms with Crippen LogP contribution < -0.4 is 10.6 Å². The molecule has 2 atom stereocenters. The highest BCUT2D eigenvalue weighted by atomic mass is 35.5. The lowest BCUT2D eigenvalue weighted by Crippen LogP contribution is -2.46. The zero-order chi connectivity index (χ0) is 18.7. The molecule has 2 aliphatic rings. The van der Waals surface area contributed by atoms with E-state index in [4.69, 9.17) is 11.6 Å². The average molecular weight is 400 g/mol. The summed E-state index contributed by atoms with van der Waals surface area (Å²) in [7, 11) is -3.58. The molecule has 2 fully saturated rings. The number of nitrogens with one attached hydrogen (secondary N) is 2. The molecule has 0 radical (unpaired) electrons. The fourth-order valence-corrected chi connectivity index (χ4v) is 5.72. The van der Waals surface area contributed by atoms with Crippen molar-refractivity contribution in [2.45, 2.75) is 43.5 Å². The Morgan fingerprint density at radius 3 is 2.88 bits per heavy atom. The van der Waals surface area contributed by atoms with Crippen LogP contribution in [-0.2, 0) is 14.8 Å². The first-order chi connectivity index (χ1) is 12.4. The first kappa shape index (κ1) is 19.6. The highest BCUT2D eigenvalue weighted by Gasteiger charge is 2.32. The quantitative estimate of drug-likeness (QED) is 0.792. The summed E-state index contributed by atoms with van der Waals surface area (Å²) in [5.74, 6) is 0.150. The number of amides is 1. The lowest BCUT2D eigenvalue weighted by atomic mass is 9.99. The van der Waals surface area contributed by atoms with Crippen LogP contribution in [0.1, 0.15) is 31.2 Å². The Labute approximate surface area is 160 Å². The highest BCUT2D eigenvalue weighted by molar-refractivity contribution is 7.89. The minimum atomic E-state index is -3.58. The summed E-state index contributed by atoms with van der Waals surface area (Å²) in [4.78, 5) is 12.4. The van der Waals surface area contributed by atoms with E-state index in [9.17, 15) is 13.2 Å². The minimum absolute atomic E-state index is 0.0215. The number of benzene rings is 1. The molecule has 0 spiro atoms. The number of nitrogens with zero attached hydrogens (tertiary/aromatic N) is 1. The SMILES string of the molecule is Cc1ccc(Cl)cc1S(=O)(=O)N1CCCC(CNC(=O)C2CCCN2)C1. The molecular formula is C18H26ClN3O3S. The Balaban J connectivity index is 1.64. The number of hydrogen-bond donors (Lipinski definition) is 2. The van der Waals surface area contributed by atoms with Crippen LogP contribution in [0.25, 0.3) is 0 Å². The maximum atomic E-state index is 13.0. The van der Waals surface area contributed by atoms with Gasteiger partial charge < -0.3 is 10.6 Å². The van der Waals surface area contributed by atoms with E-state index in [-0.39, 0.29) is 22.8 Å². The normalized spacial score (nSPS) is 24.5. The molecule has 0 bridgehead atoms. The van der Waals surface area contributed by atoms with E-state index in [0.717, 1.165) is 32.2 Å². The molecule has 2 N–H and O–H groups in total. The molecule has 0 saturated carbocycles. The Morgan fingerprint density at radius 2 is 2.15 bits per heavy atom. The fraction of sp³-hybridized carbons (Fsp3) is 0.611. The van der Waals surface area contributed by atoms with Gasteiger partial charge in [0.05, 0.1) is 10.9 Å². The number of carbonyl (C=O) groups excluding carboxylic acids is 1. The molecule has 2 aliphatic heterocycles. The molecule has 8 heteroatoms. The van der Waals surface area contributed by atoms with Crippen LogP contribution in [0.2, 0.25) is 5.02 Å². The third-order valence-corrected chi connectivity index (χ3v) is 7.43. The molecule has 0 aromatic heterocycles. The fourth-order valence-electron chi connectivity index (χ4n) is 3.68. The molecule has 144 valence electrons. The maximum Gasteiger partial charge on any atom is 0.243 e. The highest BCUT2D eigenvalue weighted by Crippen LogP contribution is 2.27. The number of aryl methyl sites for hydroxylation is 1. The van der Waals surface area contributed by atoms with Crippen molar-refractivity contribution in [2.24, 2.45) is 5.92 Å². The topological polar surface area (TPSA) is 78.5 Å². The van der Waals surface area contributed by atoms with E-state index < -0.39 is 10.0 Å². The van der Waals surface area contributed by atoms with Crippen molar-refractivity contribution >= 4 is 27.5 Å². The van der Waals surface area contributed by atoms with Gasteiger partial charge in [0.25, 0.3) is 0 Å². The van der Waals surface area contributed by atoms with Gasteiger partial charge in [-0.2, -0.15) is 4.31 Å². The van der Waals surface area contributed by atoms with Gasteiger partial charge in [-0.05, 0) is 62.8 Å². The number of piperidine rings is 1. The maximum absolute atomic E-state index is 13.0. The summed E-state index contributed by atoms with van der Waals surface area (Å²) >= 11 is 6.00. The van der Waals surface area contributed by atoms with Gasteiger partial charge in [-0.15, -0.1) is 0 Å². The summed E-state index contributed by atoms with van der Waals surface area (Å²) in [5, 5.41) is 6.58. The van der Waals surface area contributed by atoms with Gasteiger partial charge in [0.15, 0.2) is 0 Å². The van der Waals surface area contributed by atoms with Crippen molar-refractivity contribution in [3.63, 3.8) is 0 Å². The Kier molecular flexibility index (Phi) is 6.22. The first-order valence-electron chi connectivity index (χ1n) is 9.15. The summed E-state index contributed by atoms with van der Waals surface area (Å²) in [6.07, 6.45) is 3.59. The van der Waals surface area contributed by atoms with Crippen LogP contribution in [0, 0.1) is 12.8 Å². The number of hydrogen-bond acceptors (Lipinski definition) is 4. The van der Waals surface area contributed by atoms with Gasteiger partial charge in [-0.1, -0.05) is 17.7 Å². The van der Waals surface area contributed by atoms with Crippen LogP contribution in [0.4, 0.5) is 0 Å². The van der Waals surface area contributed by atoms with E-state index in [1.807, 2.05) is 0 Å². The van der Waals surface area contributed by atoms with Crippen molar-refractivity contribution in [1.82, 2.24) is 14.9 Å². The third-order valence-electron chi connectivity index (χ3n) is 5.19. The van der Waals surface area contributed by atoms with Gasteiger partial charge >= 0.3 is 0 Å². The first-order valence-corrected chi connectivity index (χ1v) is 11.0. The Morgan fingerprint density at radius 1 is 1.35 bits per heavy atom. The summed E-state index contributed by atoms with van der Waals surface area (Å²) in [6, 6.07) is 4.84. The van der Waals surface area contributed by atoms with Crippen molar-refractivity contribution in [1.29, 1.82) is 0 Å². The summed E-state index contributed by atoms with van der Waals surface area (Å²) < 4.78 is 27.6. The number of carbonyl (C=O) groups is 1. The van der Waals surface area contributed by atoms with E-state index in [1.165, 1.54) is 10.4 Å². The number of sulfonamides is 1. The van der Waals surface area contributed by atoms with Gasteiger partial charge in [0.2, 0.25) is 15.9 Å². The molecular weight excluding hydrogens is 374 g/mol. The second-order valence-corrected chi connectivity index (χ2v) is 9.52. The van der Waals surface area contributed by atoms with Crippen LogP contribution in [-0.4, -0.2) is 50.9 Å². The molecule has 0 aliphatic carbocycles. The Bertz CT molecular complexity index is 763. The van der Waals surface area contributed by atoms with E-state index in [2.05, 4.69) is 10.6 Å². The van der Waals surface area contributed by atoms with Gasteiger partial charge in [-0.25, -0.2) is 8.42 Å². The zero-order valence-electron chi connectivity index (χ0n) is 15.0. The van der Waals surface area contributed by atoms with E-state index >= 15 is 0 Å². The number of halogens is 1. The second-order valence-electron chi connectivity index (χ2n) is 7.18. The molecule has 1 amide bonds. The molecule has 1 aromatic rings. The van der Waals surface area contributed by atoms with Gasteiger partial charge in [0.1, 0.15) is 0 Å². The van der Waals surface area contributed by atoms with Crippen LogP contribution in [0.15, 0.2) is 23.1 Å². The van der Waals surface area contributed by atoms with Crippen LogP contribution in [0.3, 0.4) is 0 Å². The zero-order valence-corrected chi connectivity index (χ0v) is 16.6. The lowest BCUT2D eigenvalue weighted by molar-refractivity contribution is -0.123. The smallest absolute Gasteiger partial charge is 0.243 e. The van der Waals surface area contributed by atoms with Gasteiger partial charge in [-0.3, -0.25) is 4.79 Å². The molecule has 26 heavy (non-hydrogen) atoms. The predicted molar refractivity (Wildman–Crippen MR) is 102 cm³/mol. The molecule has 2 unspecified atom stereocenters. The molecule has 2 heterocycles. The molecule has 6 nitrogen and oxygen atoms in total. The van der Waals surface area contributed by atoms with E-state index in [1.54, 1.807) is 19.1 Å². The number of rotatable bonds is 5. The van der Waals surface area contributed by atoms with Crippen LogP contribution in [0.5, 0.6) is 0 Å². The standard InChI is InChI=1S/C18H26ClN3O3S/c1-13-6-7-15(19)10-17(13)26(24,25)22-9-3-4-14(12-22)11-21-18(23)16-5-2-8-20-16/h6-7,10,14,16,20H,2-5,8-9,11-12H2,1H3,(H,21,23). The second kappa shape index (κ2) is 8.25. The summed E-state index contributed by atoms with van der Waals surface area (Å²) in [5.41, 5.74) is 0.692. The predicted octanol–water partition coefficient (Wildman–Crippen LogP) is 1.92. The minimum Gasteiger partial charge on any atom is -0.354 e. The van der Waals surface area contributed by atoms with Crippen molar-refractivity contribution in [3.8, 4) is 0 Å². The largest absolute Gasteiger partial charge is 0.354 e. The van der Waals surface area contributed by atoms with Crippen LogP contribution >= 0.6 is 11.6 Å². The lowest BCUT2D eigenvalue weighted by Gasteiger charge is -2.32. The van der Waals surface area contributed by atoms with E-state index in [0.29, 0.717) is 30.2 Å². The van der Waals surface area contributed by atoms with Crippen molar-refractivity contribution < 1.29 is 13.2 Å².